The molecule has 10 heteroatoms. The second-order valence-electron chi connectivity index (χ2n) is 5.50. The van der Waals surface area contributed by atoms with Gasteiger partial charge in [-0.05, 0) is 35.9 Å². The van der Waals surface area contributed by atoms with E-state index in [9.17, 15) is 4.79 Å². The maximum atomic E-state index is 12.1. The number of carbonyl (C=O) groups is 1. The van der Waals surface area contributed by atoms with Crippen molar-refractivity contribution < 1.29 is 4.79 Å². The highest BCUT2D eigenvalue weighted by molar-refractivity contribution is 7.99. The molecule has 1 amide bonds. The summed E-state index contributed by atoms with van der Waals surface area (Å²) < 4.78 is 1.28. The largest absolute Gasteiger partial charge is 0.351 e. The summed E-state index contributed by atoms with van der Waals surface area (Å²) in [6.07, 6.45) is 0. The van der Waals surface area contributed by atoms with Crippen molar-refractivity contribution in [1.29, 1.82) is 0 Å². The molecule has 3 rings (SSSR count). The molecule has 0 spiro atoms. The fourth-order valence-corrected chi connectivity index (χ4v) is 3.53. The van der Waals surface area contributed by atoms with Crippen molar-refractivity contribution in [1.82, 2.24) is 20.2 Å². The van der Waals surface area contributed by atoms with Gasteiger partial charge in [-0.3, -0.25) is 4.79 Å². The zero-order valence-corrected chi connectivity index (χ0v) is 16.9. The Hall–Kier alpha value is -1.93. The molecule has 0 bridgehead atoms. The first-order chi connectivity index (χ1) is 12.9. The quantitative estimate of drug-likeness (QED) is 0.445. The molecule has 0 fully saturated rings. The summed E-state index contributed by atoms with van der Waals surface area (Å²) in [6.45, 7) is 0.388. The molecule has 0 atom stereocenters. The normalized spacial score (nSPS) is 10.8. The molecule has 0 aliphatic rings. The van der Waals surface area contributed by atoms with Gasteiger partial charge in [-0.15, -0.1) is 10.2 Å². The number of amides is 1. The second-order valence-corrected chi connectivity index (χ2v) is 7.72. The van der Waals surface area contributed by atoms with E-state index in [1.54, 1.807) is 30.3 Å². The molecule has 0 aliphatic carbocycles. The van der Waals surface area contributed by atoms with E-state index in [1.807, 2.05) is 12.1 Å². The molecule has 6 nitrogen and oxygen atoms in total. The molecule has 0 unspecified atom stereocenters. The van der Waals surface area contributed by atoms with Crippen LogP contribution in [0.4, 0.5) is 0 Å². The lowest BCUT2D eigenvalue weighted by atomic mass is 10.2. The number of carbonyl (C=O) groups excluding carboxylic acids is 1. The fraction of sp³-hybridized carbons (Fsp3) is 0.118. The van der Waals surface area contributed by atoms with Crippen LogP contribution in [0.25, 0.3) is 11.4 Å². The highest BCUT2D eigenvalue weighted by Gasteiger charge is 2.16. The van der Waals surface area contributed by atoms with E-state index in [0.717, 1.165) is 5.56 Å². The monoisotopic (exact) mass is 441 g/mol. The number of nitrogen functional groups attached to an aromatic ring is 1. The molecule has 140 valence electrons. The van der Waals surface area contributed by atoms with Crippen molar-refractivity contribution in [3.8, 4) is 11.4 Å². The number of hydrogen-bond acceptors (Lipinski definition) is 5. The van der Waals surface area contributed by atoms with Gasteiger partial charge in [0.15, 0.2) is 5.82 Å². The van der Waals surface area contributed by atoms with Gasteiger partial charge >= 0.3 is 0 Å². The van der Waals surface area contributed by atoms with Gasteiger partial charge in [-0.25, -0.2) is 4.68 Å². The number of nitrogens with one attached hydrogen (secondary N) is 1. The first-order valence-electron chi connectivity index (χ1n) is 7.74. The Morgan fingerprint density at radius 2 is 1.89 bits per heavy atom. The van der Waals surface area contributed by atoms with Crippen LogP contribution in [0.5, 0.6) is 0 Å². The molecule has 0 aliphatic heterocycles. The fourth-order valence-electron chi connectivity index (χ4n) is 2.26. The average molecular weight is 443 g/mol. The molecule has 3 N–H and O–H groups in total. The number of hydrogen-bond donors (Lipinski definition) is 2. The summed E-state index contributed by atoms with van der Waals surface area (Å²) in [5.74, 6) is 6.39. The Bertz CT molecular complexity index is 979. The van der Waals surface area contributed by atoms with Gasteiger partial charge in [0.05, 0.1) is 10.8 Å². The van der Waals surface area contributed by atoms with E-state index in [4.69, 9.17) is 40.6 Å². The molecular weight excluding hydrogens is 429 g/mol. The minimum absolute atomic E-state index is 0.138. The SMILES string of the molecule is Nn1c(SCC(=O)NCc2cccc(Cl)c2)nnc1-c1cc(Cl)ccc1Cl. The van der Waals surface area contributed by atoms with E-state index >= 15 is 0 Å². The van der Waals surface area contributed by atoms with E-state index < -0.39 is 0 Å². The minimum atomic E-state index is -0.162. The molecule has 0 saturated heterocycles. The summed E-state index contributed by atoms with van der Waals surface area (Å²) in [5.41, 5.74) is 1.48. The molecule has 2 aromatic carbocycles. The van der Waals surface area contributed by atoms with Crippen LogP contribution >= 0.6 is 46.6 Å². The number of halogens is 3. The van der Waals surface area contributed by atoms with Crippen molar-refractivity contribution >= 4 is 52.5 Å². The number of rotatable bonds is 6. The molecule has 27 heavy (non-hydrogen) atoms. The lowest BCUT2D eigenvalue weighted by Gasteiger charge is -2.07. The number of nitrogens with zero attached hydrogens (tertiary/aromatic N) is 3. The van der Waals surface area contributed by atoms with Crippen LogP contribution in [-0.4, -0.2) is 26.5 Å². The third-order valence-electron chi connectivity index (χ3n) is 3.54. The van der Waals surface area contributed by atoms with E-state index in [2.05, 4.69) is 15.5 Å². The third-order valence-corrected chi connectivity index (χ3v) is 5.29. The highest BCUT2D eigenvalue weighted by atomic mass is 35.5. The van der Waals surface area contributed by atoms with E-state index in [0.29, 0.717) is 38.2 Å². The average Bonchev–Trinajstić information content (AvgIpc) is 3.01. The predicted octanol–water partition coefficient (Wildman–Crippen LogP) is 4.03. The van der Waals surface area contributed by atoms with Gasteiger partial charge in [-0.1, -0.05) is 58.7 Å². The van der Waals surface area contributed by atoms with Crippen LogP contribution in [0.15, 0.2) is 47.6 Å². The number of aromatic nitrogens is 3. The Balaban J connectivity index is 1.61. The van der Waals surface area contributed by atoms with Gasteiger partial charge in [-0.2, -0.15) is 0 Å². The Kier molecular flexibility index (Phi) is 6.49. The summed E-state index contributed by atoms with van der Waals surface area (Å²) >= 11 is 19.3. The first kappa shape index (κ1) is 19.8. The van der Waals surface area contributed by atoms with Gasteiger partial charge in [0.1, 0.15) is 0 Å². The lowest BCUT2D eigenvalue weighted by molar-refractivity contribution is -0.118. The Labute approximate surface area is 175 Å². The van der Waals surface area contributed by atoms with Crippen LogP contribution in [0.1, 0.15) is 5.56 Å². The smallest absolute Gasteiger partial charge is 0.230 e. The van der Waals surface area contributed by atoms with Gasteiger partial charge in [0.25, 0.3) is 0 Å². The first-order valence-corrected chi connectivity index (χ1v) is 9.86. The molecule has 3 aromatic rings. The maximum absolute atomic E-state index is 12.1. The van der Waals surface area contributed by atoms with Crippen molar-refractivity contribution in [2.45, 2.75) is 11.7 Å². The summed E-state index contributed by atoms with van der Waals surface area (Å²) in [4.78, 5) is 12.1. The summed E-state index contributed by atoms with van der Waals surface area (Å²) in [7, 11) is 0. The Morgan fingerprint density at radius 1 is 1.11 bits per heavy atom. The van der Waals surface area contributed by atoms with Crippen LogP contribution in [-0.2, 0) is 11.3 Å². The van der Waals surface area contributed by atoms with E-state index in [-0.39, 0.29) is 11.7 Å². The van der Waals surface area contributed by atoms with Crippen LogP contribution < -0.4 is 11.2 Å². The van der Waals surface area contributed by atoms with Gasteiger partial charge in [0, 0.05) is 22.2 Å². The van der Waals surface area contributed by atoms with Gasteiger partial charge < -0.3 is 11.2 Å². The number of benzene rings is 2. The molecule has 1 aromatic heterocycles. The predicted molar refractivity (Wildman–Crippen MR) is 110 cm³/mol. The van der Waals surface area contributed by atoms with Gasteiger partial charge in [0.2, 0.25) is 11.1 Å². The molecule has 0 radical (unpaired) electrons. The summed E-state index contributed by atoms with van der Waals surface area (Å²) in [5, 5.41) is 12.9. The maximum Gasteiger partial charge on any atom is 0.230 e. The molecular formula is C17H14Cl3N5OS. The molecule has 0 saturated carbocycles. The van der Waals surface area contributed by atoms with Crippen LogP contribution in [0, 0.1) is 0 Å². The van der Waals surface area contributed by atoms with Crippen molar-refractivity contribution in [2.24, 2.45) is 0 Å². The Morgan fingerprint density at radius 3 is 2.67 bits per heavy atom. The zero-order valence-electron chi connectivity index (χ0n) is 13.8. The number of nitrogens with two attached hydrogens (primary N) is 1. The highest BCUT2D eigenvalue weighted by Crippen LogP contribution is 2.30. The topological polar surface area (TPSA) is 85.8 Å². The van der Waals surface area contributed by atoms with Crippen molar-refractivity contribution in [3.63, 3.8) is 0 Å². The van der Waals surface area contributed by atoms with Crippen molar-refractivity contribution in [3.05, 3.63) is 63.1 Å². The standard InChI is InChI=1S/C17H14Cl3N5OS/c18-11-3-1-2-10(6-11)8-22-15(26)9-27-17-24-23-16(25(17)21)13-7-12(19)4-5-14(13)20/h1-7H,8-9,21H2,(H,22,26). The van der Waals surface area contributed by atoms with Crippen molar-refractivity contribution in [2.75, 3.05) is 11.6 Å². The van der Waals surface area contributed by atoms with Crippen LogP contribution in [0.3, 0.4) is 0 Å². The third kappa shape index (κ3) is 5.07. The molecule has 1 heterocycles. The number of thioether (sulfide) groups is 1. The summed E-state index contributed by atoms with van der Waals surface area (Å²) in [6, 6.07) is 12.3. The minimum Gasteiger partial charge on any atom is -0.351 e. The second kappa shape index (κ2) is 8.84. The zero-order chi connectivity index (χ0) is 19.4. The lowest BCUT2D eigenvalue weighted by Crippen LogP contribution is -2.25. The van der Waals surface area contributed by atoms with Crippen LogP contribution in [0.2, 0.25) is 15.1 Å². The van der Waals surface area contributed by atoms with E-state index in [1.165, 1.54) is 16.4 Å².